The molecule has 4 nitrogen and oxygen atoms in total. The van der Waals surface area contributed by atoms with Crippen LogP contribution in [-0.2, 0) is 9.53 Å². The first-order valence-corrected chi connectivity index (χ1v) is 7.18. The zero-order valence-corrected chi connectivity index (χ0v) is 12.1. The second-order valence-corrected chi connectivity index (χ2v) is 5.32. The molecular formula is C14H28N2O2. The molecule has 1 amide bonds. The number of nitrogens with two attached hydrogens (primary N) is 1. The molecule has 1 aliphatic carbocycles. The van der Waals surface area contributed by atoms with Crippen LogP contribution in [0.4, 0.5) is 0 Å². The number of methoxy groups -OCH3 is 1. The van der Waals surface area contributed by atoms with Gasteiger partial charge in [0, 0.05) is 19.7 Å². The maximum absolute atomic E-state index is 12.7. The van der Waals surface area contributed by atoms with E-state index in [1.807, 2.05) is 4.90 Å². The standard InChI is InChI=1S/C14H28N2O2/c1-4-12(5-2)16(10-11-18-3)13(17)14(15)8-6-7-9-14/h12H,4-11,15H2,1-3H3. The Labute approximate surface area is 111 Å². The van der Waals surface area contributed by atoms with Gasteiger partial charge in [-0.15, -0.1) is 0 Å². The van der Waals surface area contributed by atoms with Crippen molar-refractivity contribution in [1.82, 2.24) is 4.90 Å². The molecule has 0 aliphatic heterocycles. The third kappa shape index (κ3) is 3.45. The van der Waals surface area contributed by atoms with E-state index in [2.05, 4.69) is 13.8 Å². The number of rotatable bonds is 7. The van der Waals surface area contributed by atoms with E-state index in [-0.39, 0.29) is 11.9 Å². The van der Waals surface area contributed by atoms with E-state index in [1.54, 1.807) is 7.11 Å². The molecule has 2 N–H and O–H groups in total. The monoisotopic (exact) mass is 256 g/mol. The fourth-order valence-corrected chi connectivity index (χ4v) is 2.87. The van der Waals surface area contributed by atoms with Gasteiger partial charge in [0.25, 0.3) is 0 Å². The van der Waals surface area contributed by atoms with Crippen molar-refractivity contribution in [2.45, 2.75) is 64.0 Å². The summed E-state index contributed by atoms with van der Waals surface area (Å²) >= 11 is 0. The molecule has 18 heavy (non-hydrogen) atoms. The predicted molar refractivity (Wildman–Crippen MR) is 73.3 cm³/mol. The zero-order valence-electron chi connectivity index (χ0n) is 12.1. The summed E-state index contributed by atoms with van der Waals surface area (Å²) < 4.78 is 5.12. The highest BCUT2D eigenvalue weighted by Gasteiger charge is 2.41. The highest BCUT2D eigenvalue weighted by Crippen LogP contribution is 2.30. The average Bonchev–Trinajstić information content (AvgIpc) is 2.82. The summed E-state index contributed by atoms with van der Waals surface area (Å²) in [5, 5.41) is 0. The first-order chi connectivity index (χ1) is 8.59. The Morgan fingerprint density at radius 2 is 1.89 bits per heavy atom. The third-order valence-corrected chi connectivity index (χ3v) is 4.10. The maximum Gasteiger partial charge on any atom is 0.242 e. The Hall–Kier alpha value is -0.610. The van der Waals surface area contributed by atoms with Gasteiger partial charge in [0.2, 0.25) is 5.91 Å². The molecule has 4 heteroatoms. The van der Waals surface area contributed by atoms with E-state index in [4.69, 9.17) is 10.5 Å². The van der Waals surface area contributed by atoms with Crippen molar-refractivity contribution in [1.29, 1.82) is 0 Å². The zero-order chi connectivity index (χ0) is 13.6. The van der Waals surface area contributed by atoms with Gasteiger partial charge < -0.3 is 15.4 Å². The van der Waals surface area contributed by atoms with Crippen molar-refractivity contribution in [2.24, 2.45) is 5.73 Å². The Kier molecular flexibility index (Phi) is 6.09. The Balaban J connectivity index is 2.77. The first-order valence-electron chi connectivity index (χ1n) is 7.18. The largest absolute Gasteiger partial charge is 0.383 e. The van der Waals surface area contributed by atoms with E-state index < -0.39 is 5.54 Å². The number of nitrogens with zero attached hydrogens (tertiary/aromatic N) is 1. The van der Waals surface area contributed by atoms with Gasteiger partial charge in [-0.05, 0) is 25.7 Å². The van der Waals surface area contributed by atoms with Crippen LogP contribution in [0.1, 0.15) is 52.4 Å². The van der Waals surface area contributed by atoms with Crippen LogP contribution in [0.5, 0.6) is 0 Å². The van der Waals surface area contributed by atoms with Gasteiger partial charge in [0.1, 0.15) is 0 Å². The normalized spacial score (nSPS) is 18.3. The molecule has 0 atom stereocenters. The molecule has 1 aliphatic rings. The molecule has 0 unspecified atom stereocenters. The summed E-state index contributed by atoms with van der Waals surface area (Å²) in [6, 6.07) is 0.286. The quantitative estimate of drug-likeness (QED) is 0.757. The first kappa shape index (κ1) is 15.4. The minimum atomic E-state index is -0.615. The summed E-state index contributed by atoms with van der Waals surface area (Å²) in [7, 11) is 1.67. The smallest absolute Gasteiger partial charge is 0.242 e. The van der Waals surface area contributed by atoms with E-state index in [0.29, 0.717) is 13.2 Å². The number of hydrogen-bond acceptors (Lipinski definition) is 3. The summed E-state index contributed by atoms with van der Waals surface area (Å²) in [5.74, 6) is 0.130. The molecule has 0 radical (unpaired) electrons. The van der Waals surface area contributed by atoms with Crippen LogP contribution in [0.25, 0.3) is 0 Å². The van der Waals surface area contributed by atoms with Gasteiger partial charge in [-0.2, -0.15) is 0 Å². The lowest BCUT2D eigenvalue weighted by Crippen LogP contribution is -2.56. The lowest BCUT2D eigenvalue weighted by Gasteiger charge is -2.36. The van der Waals surface area contributed by atoms with E-state index in [0.717, 1.165) is 38.5 Å². The van der Waals surface area contributed by atoms with Crippen molar-refractivity contribution in [3.05, 3.63) is 0 Å². The summed E-state index contributed by atoms with van der Waals surface area (Å²) in [6.45, 7) is 5.48. The van der Waals surface area contributed by atoms with Crippen LogP contribution in [0, 0.1) is 0 Å². The van der Waals surface area contributed by atoms with Crippen LogP contribution in [0.3, 0.4) is 0 Å². The predicted octanol–water partition coefficient (Wildman–Crippen LogP) is 1.92. The van der Waals surface area contributed by atoms with E-state index in [1.165, 1.54) is 0 Å². The van der Waals surface area contributed by atoms with E-state index >= 15 is 0 Å². The number of carbonyl (C=O) groups excluding carboxylic acids is 1. The van der Waals surface area contributed by atoms with Gasteiger partial charge >= 0.3 is 0 Å². The molecule has 0 heterocycles. The van der Waals surface area contributed by atoms with Gasteiger partial charge in [0.15, 0.2) is 0 Å². The Bertz CT molecular complexity index is 259. The molecule has 0 aromatic heterocycles. The molecular weight excluding hydrogens is 228 g/mol. The molecule has 1 rings (SSSR count). The van der Waals surface area contributed by atoms with Crippen molar-refractivity contribution in [3.8, 4) is 0 Å². The van der Waals surface area contributed by atoms with Crippen LogP contribution >= 0.6 is 0 Å². The molecule has 1 saturated carbocycles. The van der Waals surface area contributed by atoms with Crippen LogP contribution < -0.4 is 5.73 Å². The van der Waals surface area contributed by atoms with Crippen LogP contribution in [0.15, 0.2) is 0 Å². The molecule has 0 bridgehead atoms. The van der Waals surface area contributed by atoms with E-state index in [9.17, 15) is 4.79 Å². The summed E-state index contributed by atoms with van der Waals surface area (Å²) in [6.07, 6.45) is 5.75. The minimum Gasteiger partial charge on any atom is -0.383 e. The third-order valence-electron chi connectivity index (χ3n) is 4.10. The summed E-state index contributed by atoms with van der Waals surface area (Å²) in [5.41, 5.74) is 5.68. The Morgan fingerprint density at radius 1 is 1.33 bits per heavy atom. The average molecular weight is 256 g/mol. The molecule has 1 fully saturated rings. The molecule has 0 saturated heterocycles. The van der Waals surface area contributed by atoms with Gasteiger partial charge in [-0.3, -0.25) is 4.79 Å². The van der Waals surface area contributed by atoms with Crippen LogP contribution in [-0.4, -0.2) is 42.6 Å². The van der Waals surface area contributed by atoms with Crippen molar-refractivity contribution >= 4 is 5.91 Å². The molecule has 0 aromatic rings. The van der Waals surface area contributed by atoms with Crippen LogP contribution in [0.2, 0.25) is 0 Å². The fraction of sp³-hybridized carbons (Fsp3) is 0.929. The topological polar surface area (TPSA) is 55.6 Å². The fourth-order valence-electron chi connectivity index (χ4n) is 2.87. The highest BCUT2D eigenvalue weighted by molar-refractivity contribution is 5.86. The van der Waals surface area contributed by atoms with Gasteiger partial charge in [-0.25, -0.2) is 0 Å². The molecule has 0 spiro atoms. The lowest BCUT2D eigenvalue weighted by atomic mass is 9.95. The molecule has 0 aromatic carbocycles. The SMILES string of the molecule is CCC(CC)N(CCOC)C(=O)C1(N)CCCC1. The van der Waals surface area contributed by atoms with Gasteiger partial charge in [-0.1, -0.05) is 26.7 Å². The number of ether oxygens (including phenoxy) is 1. The second kappa shape index (κ2) is 7.10. The van der Waals surface area contributed by atoms with Crippen molar-refractivity contribution < 1.29 is 9.53 Å². The number of amides is 1. The number of hydrogen-bond donors (Lipinski definition) is 1. The minimum absolute atomic E-state index is 0.130. The van der Waals surface area contributed by atoms with Gasteiger partial charge in [0.05, 0.1) is 12.1 Å². The number of carbonyl (C=O) groups is 1. The molecule has 106 valence electrons. The van der Waals surface area contributed by atoms with Crippen molar-refractivity contribution in [3.63, 3.8) is 0 Å². The second-order valence-electron chi connectivity index (χ2n) is 5.32. The highest BCUT2D eigenvalue weighted by atomic mass is 16.5. The lowest BCUT2D eigenvalue weighted by molar-refractivity contribution is -0.140. The maximum atomic E-state index is 12.7. The Morgan fingerprint density at radius 3 is 2.33 bits per heavy atom. The summed E-state index contributed by atoms with van der Waals surface area (Å²) in [4.78, 5) is 14.6. The van der Waals surface area contributed by atoms with Crippen molar-refractivity contribution in [2.75, 3.05) is 20.3 Å².